The number of amides is 1. The van der Waals surface area contributed by atoms with E-state index in [1.807, 2.05) is 43.3 Å². The Labute approximate surface area is 87.3 Å². The maximum absolute atomic E-state index is 11.1. The summed E-state index contributed by atoms with van der Waals surface area (Å²) in [5.41, 5.74) is 7.65. The predicted molar refractivity (Wildman–Crippen MR) is 57.4 cm³/mol. The zero-order chi connectivity index (χ0) is 10.8. The molecule has 0 spiro atoms. The molecule has 0 aliphatic heterocycles. The monoisotopic (exact) mass is 201 g/mol. The fourth-order valence-electron chi connectivity index (χ4n) is 1.48. The van der Waals surface area contributed by atoms with Gasteiger partial charge in [0, 0.05) is 5.56 Å². The zero-order valence-corrected chi connectivity index (χ0v) is 8.34. The topological polar surface area (TPSA) is 60.9 Å². The Kier molecular flexibility index (Phi) is 2.25. The van der Waals surface area contributed by atoms with Gasteiger partial charge in [-0.25, -0.2) is 4.79 Å². The Bertz CT molecular complexity index is 488. The van der Waals surface area contributed by atoms with Crippen LogP contribution in [-0.2, 0) is 0 Å². The molecular weight excluding hydrogens is 190 g/mol. The molecule has 0 unspecified atom stereocenters. The van der Waals surface area contributed by atoms with E-state index in [1.165, 1.54) is 4.68 Å². The molecule has 0 aliphatic rings. The van der Waals surface area contributed by atoms with Crippen LogP contribution >= 0.6 is 0 Å². The van der Waals surface area contributed by atoms with Gasteiger partial charge in [0.05, 0.1) is 11.4 Å². The van der Waals surface area contributed by atoms with Crippen LogP contribution in [-0.4, -0.2) is 15.8 Å². The molecule has 0 bridgehead atoms. The van der Waals surface area contributed by atoms with Crippen LogP contribution in [0.4, 0.5) is 4.79 Å². The Morgan fingerprint density at radius 3 is 2.60 bits per heavy atom. The first kappa shape index (κ1) is 9.45. The molecule has 2 N–H and O–H groups in total. The maximum atomic E-state index is 11.1. The van der Waals surface area contributed by atoms with E-state index in [9.17, 15) is 4.79 Å². The van der Waals surface area contributed by atoms with E-state index < -0.39 is 6.03 Å². The maximum Gasteiger partial charge on any atom is 0.340 e. The molecule has 0 saturated carbocycles. The second kappa shape index (κ2) is 3.57. The molecule has 1 heterocycles. The number of primary amides is 1. The molecular formula is C11H11N3O. The van der Waals surface area contributed by atoms with E-state index in [0.29, 0.717) is 0 Å². The summed E-state index contributed by atoms with van der Waals surface area (Å²) in [6.07, 6.45) is 0. The van der Waals surface area contributed by atoms with E-state index in [4.69, 9.17) is 5.73 Å². The normalized spacial score (nSPS) is 10.2. The van der Waals surface area contributed by atoms with Gasteiger partial charge in [-0.2, -0.15) is 9.78 Å². The number of nitrogens with two attached hydrogens (primary N) is 1. The van der Waals surface area contributed by atoms with Crippen LogP contribution in [0.5, 0.6) is 0 Å². The van der Waals surface area contributed by atoms with Crippen molar-refractivity contribution in [3.8, 4) is 11.3 Å². The summed E-state index contributed by atoms with van der Waals surface area (Å²) in [6, 6.07) is 10.8. The van der Waals surface area contributed by atoms with Crippen LogP contribution in [0.15, 0.2) is 36.4 Å². The first-order chi connectivity index (χ1) is 7.18. The van der Waals surface area contributed by atoms with Gasteiger partial charge in [0.25, 0.3) is 0 Å². The molecule has 0 radical (unpaired) electrons. The third kappa shape index (κ3) is 1.74. The number of carbonyl (C=O) groups is 1. The van der Waals surface area contributed by atoms with Crippen LogP contribution in [0.2, 0.25) is 0 Å². The molecule has 1 aromatic carbocycles. The second-order valence-electron chi connectivity index (χ2n) is 3.29. The lowest BCUT2D eigenvalue weighted by molar-refractivity contribution is 0.248. The van der Waals surface area contributed by atoms with Gasteiger partial charge >= 0.3 is 6.03 Å². The van der Waals surface area contributed by atoms with Gasteiger partial charge in [-0.3, -0.25) is 0 Å². The summed E-state index contributed by atoms with van der Waals surface area (Å²) in [5.74, 6) is 0. The minimum absolute atomic E-state index is 0.568. The number of hydrogen-bond acceptors (Lipinski definition) is 2. The largest absolute Gasteiger partial charge is 0.350 e. The average Bonchev–Trinajstić information content (AvgIpc) is 2.62. The standard InChI is InChI=1S/C11H11N3O/c1-8-7-10(14(13-8)11(12)15)9-5-3-2-4-6-9/h2-7H,1H3,(H2,12,15). The quantitative estimate of drug-likeness (QED) is 0.764. The third-order valence-corrected chi connectivity index (χ3v) is 2.11. The summed E-state index contributed by atoms with van der Waals surface area (Å²) >= 11 is 0. The van der Waals surface area contributed by atoms with Gasteiger partial charge in [-0.15, -0.1) is 0 Å². The van der Waals surface area contributed by atoms with E-state index in [0.717, 1.165) is 17.0 Å². The van der Waals surface area contributed by atoms with Gasteiger partial charge < -0.3 is 5.73 Å². The summed E-state index contributed by atoms with van der Waals surface area (Å²) in [5, 5.41) is 4.03. The summed E-state index contributed by atoms with van der Waals surface area (Å²) in [6.45, 7) is 1.83. The number of rotatable bonds is 1. The molecule has 1 amide bonds. The molecule has 2 aromatic rings. The lowest BCUT2D eigenvalue weighted by atomic mass is 10.1. The van der Waals surface area contributed by atoms with E-state index in [1.54, 1.807) is 0 Å². The lowest BCUT2D eigenvalue weighted by Crippen LogP contribution is -2.21. The van der Waals surface area contributed by atoms with Crippen molar-refractivity contribution < 1.29 is 4.79 Å². The number of aromatic nitrogens is 2. The highest BCUT2D eigenvalue weighted by Crippen LogP contribution is 2.19. The Morgan fingerprint density at radius 2 is 2.00 bits per heavy atom. The minimum Gasteiger partial charge on any atom is -0.350 e. The Hall–Kier alpha value is -2.10. The highest BCUT2D eigenvalue weighted by molar-refractivity contribution is 5.80. The predicted octanol–water partition coefficient (Wildman–Crippen LogP) is 1.79. The highest BCUT2D eigenvalue weighted by atomic mass is 16.2. The van der Waals surface area contributed by atoms with Crippen molar-refractivity contribution in [3.63, 3.8) is 0 Å². The number of carbonyl (C=O) groups excluding carboxylic acids is 1. The van der Waals surface area contributed by atoms with Gasteiger partial charge in [0.2, 0.25) is 0 Å². The molecule has 1 aromatic heterocycles. The molecule has 2 rings (SSSR count). The SMILES string of the molecule is Cc1cc(-c2ccccc2)n(C(N)=O)n1. The van der Waals surface area contributed by atoms with Crippen molar-refractivity contribution in [2.24, 2.45) is 5.73 Å². The summed E-state index contributed by atoms with van der Waals surface area (Å²) in [7, 11) is 0. The molecule has 15 heavy (non-hydrogen) atoms. The van der Waals surface area contributed by atoms with Gasteiger partial charge in [0.15, 0.2) is 0 Å². The van der Waals surface area contributed by atoms with Crippen molar-refractivity contribution in [3.05, 3.63) is 42.1 Å². The van der Waals surface area contributed by atoms with Crippen LogP contribution in [0.1, 0.15) is 5.69 Å². The van der Waals surface area contributed by atoms with Gasteiger partial charge in [-0.1, -0.05) is 30.3 Å². The van der Waals surface area contributed by atoms with E-state index in [-0.39, 0.29) is 0 Å². The van der Waals surface area contributed by atoms with Gasteiger partial charge in [-0.05, 0) is 13.0 Å². The molecule has 0 fully saturated rings. The minimum atomic E-state index is -0.568. The average molecular weight is 201 g/mol. The smallest absolute Gasteiger partial charge is 0.340 e. The van der Waals surface area contributed by atoms with Crippen LogP contribution in [0.25, 0.3) is 11.3 Å². The van der Waals surface area contributed by atoms with Crippen molar-refractivity contribution in [2.45, 2.75) is 6.92 Å². The summed E-state index contributed by atoms with van der Waals surface area (Å²) in [4.78, 5) is 11.1. The fourth-order valence-corrected chi connectivity index (χ4v) is 1.48. The number of hydrogen-bond donors (Lipinski definition) is 1. The fraction of sp³-hybridized carbons (Fsp3) is 0.0909. The second-order valence-corrected chi connectivity index (χ2v) is 3.29. The molecule has 0 atom stereocenters. The van der Waals surface area contributed by atoms with Crippen LogP contribution in [0, 0.1) is 6.92 Å². The molecule has 4 heteroatoms. The van der Waals surface area contributed by atoms with E-state index in [2.05, 4.69) is 5.10 Å². The number of benzene rings is 1. The lowest BCUT2D eigenvalue weighted by Gasteiger charge is -2.01. The van der Waals surface area contributed by atoms with Crippen LogP contribution in [0.3, 0.4) is 0 Å². The highest BCUT2D eigenvalue weighted by Gasteiger charge is 2.10. The number of aryl methyl sites for hydroxylation is 1. The van der Waals surface area contributed by atoms with Crippen molar-refractivity contribution >= 4 is 6.03 Å². The first-order valence-corrected chi connectivity index (χ1v) is 4.60. The molecule has 4 nitrogen and oxygen atoms in total. The van der Waals surface area contributed by atoms with Crippen molar-refractivity contribution in [2.75, 3.05) is 0 Å². The van der Waals surface area contributed by atoms with E-state index >= 15 is 0 Å². The van der Waals surface area contributed by atoms with Crippen molar-refractivity contribution in [1.82, 2.24) is 9.78 Å². The van der Waals surface area contributed by atoms with Crippen LogP contribution < -0.4 is 5.73 Å². The summed E-state index contributed by atoms with van der Waals surface area (Å²) < 4.78 is 1.21. The van der Waals surface area contributed by atoms with Crippen molar-refractivity contribution in [1.29, 1.82) is 0 Å². The first-order valence-electron chi connectivity index (χ1n) is 4.60. The zero-order valence-electron chi connectivity index (χ0n) is 8.34. The Balaban J connectivity index is 2.58. The Morgan fingerprint density at radius 1 is 1.33 bits per heavy atom. The number of nitrogens with zero attached hydrogens (tertiary/aromatic N) is 2. The third-order valence-electron chi connectivity index (χ3n) is 2.11. The molecule has 0 aliphatic carbocycles. The van der Waals surface area contributed by atoms with Gasteiger partial charge in [0.1, 0.15) is 0 Å². The molecule has 0 saturated heterocycles. The molecule has 76 valence electrons.